The van der Waals surface area contributed by atoms with Crippen molar-refractivity contribution in [3.8, 4) is 0 Å². The number of thiazole rings is 1. The number of amides is 2. The van der Waals surface area contributed by atoms with E-state index in [2.05, 4.69) is 15.2 Å². The minimum Gasteiger partial charge on any atom is -0.481 e. The molecule has 1 aliphatic rings. The number of aliphatic carboxylic acids is 1. The van der Waals surface area contributed by atoms with Crippen LogP contribution >= 0.6 is 11.3 Å². The van der Waals surface area contributed by atoms with Crippen molar-refractivity contribution >= 4 is 40.7 Å². The summed E-state index contributed by atoms with van der Waals surface area (Å²) in [6.07, 6.45) is 4.58. The zero-order valence-corrected chi connectivity index (χ0v) is 30.4. The van der Waals surface area contributed by atoms with Crippen molar-refractivity contribution in [2.45, 2.75) is 104 Å². The van der Waals surface area contributed by atoms with Gasteiger partial charge in [-0.05, 0) is 56.7 Å². The van der Waals surface area contributed by atoms with Gasteiger partial charge in [-0.15, -0.1) is 11.3 Å². The highest BCUT2D eigenvalue weighted by atomic mass is 32.1. The number of Topliss-reactive ketones (excluding diaryl/α,β-unsaturated/α-hetero) is 2. The van der Waals surface area contributed by atoms with Gasteiger partial charge in [-0.2, -0.15) is 0 Å². The van der Waals surface area contributed by atoms with E-state index < -0.39 is 35.8 Å². The number of rotatable bonds is 18. The molecule has 2 heterocycles. The van der Waals surface area contributed by atoms with Crippen molar-refractivity contribution in [2.24, 2.45) is 23.7 Å². The van der Waals surface area contributed by atoms with Crippen molar-refractivity contribution in [3.63, 3.8) is 0 Å². The van der Waals surface area contributed by atoms with Gasteiger partial charge in [0, 0.05) is 43.3 Å². The average molecular weight is 683 g/mol. The number of nitrogens with zero attached hydrogens (tertiary/aromatic N) is 3. The Labute approximate surface area is 289 Å². The lowest BCUT2D eigenvalue weighted by atomic mass is 9.83. The van der Waals surface area contributed by atoms with Gasteiger partial charge < -0.3 is 15.3 Å². The molecule has 10 nitrogen and oxygen atoms in total. The van der Waals surface area contributed by atoms with E-state index in [0.29, 0.717) is 6.42 Å². The van der Waals surface area contributed by atoms with Crippen LogP contribution in [0, 0.1) is 23.7 Å². The second kappa shape index (κ2) is 18.4. The number of hydrogen-bond acceptors (Lipinski definition) is 8. The normalized spacial score (nSPS) is 18.4. The SMILES string of the molecule is CC[C@H](C)[C@H](CC(=O)[C@H]1CCCCN1C)C(=O)N(C)[C@H](CC(=O)c1nc(C(=O)N[C@@H](Cc2ccccc2)C[C@H](C)C(=O)O)cs1)C(C)C. The topological polar surface area (TPSA) is 137 Å². The van der Waals surface area contributed by atoms with Crippen LogP contribution in [0.3, 0.4) is 0 Å². The Balaban J connectivity index is 1.71. The Morgan fingerprint density at radius 2 is 1.75 bits per heavy atom. The minimum absolute atomic E-state index is 0.00514. The van der Waals surface area contributed by atoms with Crippen LogP contribution in [0.1, 0.15) is 105 Å². The Bertz CT molecular complexity index is 1400. The van der Waals surface area contributed by atoms with Crippen LogP contribution in [-0.2, 0) is 20.8 Å². The van der Waals surface area contributed by atoms with Crippen molar-refractivity contribution in [2.75, 3.05) is 20.6 Å². The predicted molar refractivity (Wildman–Crippen MR) is 188 cm³/mol. The maximum atomic E-state index is 14.0. The first-order chi connectivity index (χ1) is 22.7. The van der Waals surface area contributed by atoms with Gasteiger partial charge in [0.15, 0.2) is 16.6 Å². The summed E-state index contributed by atoms with van der Waals surface area (Å²) in [4.78, 5) is 73.8. The van der Waals surface area contributed by atoms with Crippen LogP contribution in [0.15, 0.2) is 35.7 Å². The molecule has 0 unspecified atom stereocenters. The number of hydrogen-bond donors (Lipinski definition) is 2. The molecule has 0 bridgehead atoms. The summed E-state index contributed by atoms with van der Waals surface area (Å²) in [5.74, 6) is -2.86. The number of nitrogens with one attached hydrogen (secondary N) is 1. The molecule has 3 rings (SSSR count). The van der Waals surface area contributed by atoms with Crippen molar-refractivity contribution in [3.05, 3.63) is 52.0 Å². The molecule has 1 aromatic heterocycles. The molecule has 1 fully saturated rings. The van der Waals surface area contributed by atoms with E-state index >= 15 is 0 Å². The molecule has 2 amide bonds. The molecule has 2 N–H and O–H groups in total. The summed E-state index contributed by atoms with van der Waals surface area (Å²) in [5.41, 5.74) is 1.06. The second-order valence-electron chi connectivity index (χ2n) is 13.9. The van der Waals surface area contributed by atoms with Crippen molar-refractivity contribution < 1.29 is 29.1 Å². The first-order valence-electron chi connectivity index (χ1n) is 17.3. The van der Waals surface area contributed by atoms with Gasteiger partial charge in [-0.25, -0.2) is 4.98 Å². The smallest absolute Gasteiger partial charge is 0.306 e. The summed E-state index contributed by atoms with van der Waals surface area (Å²) in [6.45, 7) is 10.5. The molecule has 0 radical (unpaired) electrons. The molecule has 1 aromatic carbocycles. The van der Waals surface area contributed by atoms with E-state index in [4.69, 9.17) is 0 Å². The van der Waals surface area contributed by atoms with Gasteiger partial charge in [-0.3, -0.25) is 28.9 Å². The van der Waals surface area contributed by atoms with Crippen LogP contribution in [0.4, 0.5) is 0 Å². The number of aromatic nitrogens is 1. The Kier molecular flexibility index (Phi) is 14.9. The van der Waals surface area contributed by atoms with Gasteiger partial charge in [0.25, 0.3) is 5.91 Å². The van der Waals surface area contributed by atoms with Crippen LogP contribution in [0.25, 0.3) is 0 Å². The lowest BCUT2D eigenvalue weighted by Gasteiger charge is -2.36. The zero-order chi connectivity index (χ0) is 35.5. The molecular formula is C37H54N4O6S. The van der Waals surface area contributed by atoms with Crippen molar-refractivity contribution in [1.29, 1.82) is 0 Å². The largest absolute Gasteiger partial charge is 0.481 e. The first-order valence-corrected chi connectivity index (χ1v) is 18.2. The quantitative estimate of drug-likeness (QED) is 0.190. The van der Waals surface area contributed by atoms with E-state index in [9.17, 15) is 29.1 Å². The van der Waals surface area contributed by atoms with Gasteiger partial charge in [0.2, 0.25) is 5.91 Å². The molecule has 0 spiro atoms. The Morgan fingerprint density at radius 3 is 2.35 bits per heavy atom. The first kappa shape index (κ1) is 39.0. The lowest BCUT2D eigenvalue weighted by molar-refractivity contribution is -0.142. The van der Waals surface area contributed by atoms with Gasteiger partial charge in [0.05, 0.1) is 12.0 Å². The fraction of sp³-hybridized carbons (Fsp3) is 0.622. The molecule has 0 saturated carbocycles. The zero-order valence-electron chi connectivity index (χ0n) is 29.6. The number of likely N-dealkylation sites (tertiary alicyclic amines) is 1. The van der Waals surface area contributed by atoms with E-state index in [1.54, 1.807) is 18.9 Å². The summed E-state index contributed by atoms with van der Waals surface area (Å²) in [6, 6.07) is 8.51. The molecular weight excluding hydrogens is 628 g/mol. The molecule has 264 valence electrons. The summed E-state index contributed by atoms with van der Waals surface area (Å²) in [7, 11) is 3.70. The average Bonchev–Trinajstić information content (AvgIpc) is 3.56. The van der Waals surface area contributed by atoms with Crippen LogP contribution in [-0.4, -0.2) is 88.0 Å². The highest BCUT2D eigenvalue weighted by molar-refractivity contribution is 7.11. The molecule has 2 aromatic rings. The van der Waals surface area contributed by atoms with E-state index in [1.807, 2.05) is 65.1 Å². The lowest BCUT2D eigenvalue weighted by Crippen LogP contribution is -2.48. The third-order valence-corrected chi connectivity index (χ3v) is 10.8. The predicted octanol–water partition coefficient (Wildman–Crippen LogP) is 5.76. The van der Waals surface area contributed by atoms with Gasteiger partial charge >= 0.3 is 5.97 Å². The summed E-state index contributed by atoms with van der Waals surface area (Å²) < 4.78 is 0. The van der Waals surface area contributed by atoms with Crippen LogP contribution in [0.5, 0.6) is 0 Å². The number of carbonyl (C=O) groups excluding carboxylic acids is 4. The van der Waals surface area contributed by atoms with Crippen LogP contribution in [0.2, 0.25) is 0 Å². The highest BCUT2D eigenvalue weighted by Gasteiger charge is 2.37. The fourth-order valence-corrected chi connectivity index (χ4v) is 7.31. The molecule has 6 atom stereocenters. The Hall–Kier alpha value is -3.44. The van der Waals surface area contributed by atoms with E-state index in [0.717, 1.165) is 49.1 Å². The minimum atomic E-state index is -0.939. The third-order valence-electron chi connectivity index (χ3n) is 9.92. The van der Waals surface area contributed by atoms with Gasteiger partial charge in [-0.1, -0.05) is 77.8 Å². The summed E-state index contributed by atoms with van der Waals surface area (Å²) in [5, 5.41) is 14.1. The van der Waals surface area contributed by atoms with Gasteiger partial charge in [0.1, 0.15) is 5.69 Å². The van der Waals surface area contributed by atoms with E-state index in [1.165, 1.54) is 5.38 Å². The standard InChI is InChI=1S/C37H54N4O6S/c1-8-24(4)28(20-32(42)30-16-12-13-17-40(30)6)36(45)41(7)31(23(2)3)21-33(43)35-39-29(22-48-35)34(44)38-27(18-25(5)37(46)47)19-26-14-10-9-11-15-26/h9-11,14-15,22-25,27-28,30-31H,8,12-13,16-21H2,1-7H3,(H,38,44)(H,46,47)/t24-,25-,27+,28-,30+,31+/m0/s1. The monoisotopic (exact) mass is 682 g/mol. The Morgan fingerprint density at radius 1 is 1.06 bits per heavy atom. The van der Waals surface area contributed by atoms with E-state index in [-0.39, 0.29) is 65.3 Å². The molecule has 1 aliphatic heterocycles. The number of benzene rings is 1. The number of carboxylic acids is 1. The number of ketones is 2. The molecule has 0 aliphatic carbocycles. The molecule has 48 heavy (non-hydrogen) atoms. The fourth-order valence-electron chi connectivity index (χ4n) is 6.56. The maximum Gasteiger partial charge on any atom is 0.306 e. The summed E-state index contributed by atoms with van der Waals surface area (Å²) >= 11 is 1.08. The maximum absolute atomic E-state index is 14.0. The number of carboxylic acid groups (broad SMARTS) is 1. The molecule has 11 heteroatoms. The number of carbonyl (C=O) groups is 5. The van der Waals surface area contributed by atoms with Crippen LogP contribution < -0.4 is 5.32 Å². The number of likely N-dealkylation sites (N-methyl/N-ethyl adjacent to an activating group) is 1. The highest BCUT2D eigenvalue weighted by Crippen LogP contribution is 2.28. The molecule has 1 saturated heterocycles. The van der Waals surface area contributed by atoms with Crippen molar-refractivity contribution in [1.82, 2.24) is 20.1 Å². The third kappa shape index (κ3) is 10.8. The second-order valence-corrected chi connectivity index (χ2v) is 14.8. The number of piperidine rings is 1.